The second-order valence-electron chi connectivity index (χ2n) is 4.08. The highest BCUT2D eigenvalue weighted by molar-refractivity contribution is 6.31. The predicted molar refractivity (Wildman–Crippen MR) is 66.4 cm³/mol. The summed E-state index contributed by atoms with van der Waals surface area (Å²) < 4.78 is 4.95. The molecule has 0 radical (unpaired) electrons. The van der Waals surface area contributed by atoms with E-state index in [0.717, 1.165) is 12.1 Å². The normalized spacial score (nSPS) is 12.9. The van der Waals surface area contributed by atoms with Crippen LogP contribution in [0.25, 0.3) is 0 Å². The summed E-state index contributed by atoms with van der Waals surface area (Å²) in [5.74, 6) is 0.560. The minimum atomic E-state index is 0.0390. The SMILES string of the molecule is COc1ncc(Cl)c(CC(Cl)CC(C)C)n1. The second kappa shape index (κ2) is 6.26. The molecule has 0 aliphatic heterocycles. The van der Waals surface area contributed by atoms with Crippen LogP contribution in [0.1, 0.15) is 26.0 Å². The van der Waals surface area contributed by atoms with Crippen LogP contribution in [-0.4, -0.2) is 22.5 Å². The molecule has 0 fully saturated rings. The van der Waals surface area contributed by atoms with Crippen molar-refractivity contribution in [3.05, 3.63) is 16.9 Å². The summed E-state index contributed by atoms with van der Waals surface area (Å²) in [6, 6.07) is 0.327. The zero-order valence-electron chi connectivity index (χ0n) is 9.70. The van der Waals surface area contributed by atoms with Crippen LogP contribution < -0.4 is 4.74 Å². The third-order valence-corrected chi connectivity index (χ3v) is 2.77. The predicted octanol–water partition coefficient (Wildman–Crippen LogP) is 3.33. The van der Waals surface area contributed by atoms with E-state index in [2.05, 4.69) is 23.8 Å². The van der Waals surface area contributed by atoms with Crippen molar-refractivity contribution in [2.24, 2.45) is 5.92 Å². The van der Waals surface area contributed by atoms with Gasteiger partial charge in [-0.2, -0.15) is 4.98 Å². The Morgan fingerprint density at radius 1 is 1.44 bits per heavy atom. The lowest BCUT2D eigenvalue weighted by Gasteiger charge is -2.12. The molecule has 0 aromatic carbocycles. The van der Waals surface area contributed by atoms with Crippen molar-refractivity contribution >= 4 is 23.2 Å². The molecule has 3 nitrogen and oxygen atoms in total. The molecule has 1 aromatic rings. The summed E-state index contributed by atoms with van der Waals surface area (Å²) in [5, 5.41) is 0.576. The minimum absolute atomic E-state index is 0.0390. The molecular formula is C11H16Cl2N2O. The van der Waals surface area contributed by atoms with E-state index in [4.69, 9.17) is 27.9 Å². The molecule has 0 saturated carbocycles. The van der Waals surface area contributed by atoms with Crippen molar-refractivity contribution in [3.63, 3.8) is 0 Å². The van der Waals surface area contributed by atoms with Crippen molar-refractivity contribution in [2.75, 3.05) is 7.11 Å². The fourth-order valence-corrected chi connectivity index (χ4v) is 2.10. The summed E-state index contributed by atoms with van der Waals surface area (Å²) in [7, 11) is 1.53. The Kier molecular flexibility index (Phi) is 5.29. The van der Waals surface area contributed by atoms with Crippen molar-refractivity contribution in [1.82, 2.24) is 9.97 Å². The number of ether oxygens (including phenoxy) is 1. The van der Waals surface area contributed by atoms with Gasteiger partial charge < -0.3 is 4.74 Å². The van der Waals surface area contributed by atoms with Gasteiger partial charge in [0, 0.05) is 11.8 Å². The van der Waals surface area contributed by atoms with Gasteiger partial charge in [0.2, 0.25) is 0 Å². The first-order valence-corrected chi connectivity index (χ1v) is 6.03. The first kappa shape index (κ1) is 13.5. The average molecular weight is 263 g/mol. The zero-order valence-corrected chi connectivity index (χ0v) is 11.2. The first-order valence-electron chi connectivity index (χ1n) is 5.22. The van der Waals surface area contributed by atoms with Crippen molar-refractivity contribution < 1.29 is 4.74 Å². The van der Waals surface area contributed by atoms with Crippen LogP contribution in [0.4, 0.5) is 0 Å². The van der Waals surface area contributed by atoms with E-state index in [9.17, 15) is 0 Å². The van der Waals surface area contributed by atoms with E-state index in [1.54, 1.807) is 6.20 Å². The number of halogens is 2. The van der Waals surface area contributed by atoms with Crippen molar-refractivity contribution in [2.45, 2.75) is 32.1 Å². The Hall–Kier alpha value is -0.540. The highest BCUT2D eigenvalue weighted by Crippen LogP contribution is 2.21. The average Bonchev–Trinajstić information content (AvgIpc) is 2.20. The molecular weight excluding hydrogens is 247 g/mol. The van der Waals surface area contributed by atoms with Gasteiger partial charge in [-0.25, -0.2) is 4.98 Å². The number of aromatic nitrogens is 2. The maximum Gasteiger partial charge on any atom is 0.316 e. The summed E-state index contributed by atoms with van der Waals surface area (Å²) >= 11 is 12.2. The molecule has 0 aliphatic rings. The van der Waals surface area contributed by atoms with Crippen molar-refractivity contribution in [1.29, 1.82) is 0 Å². The molecule has 0 saturated heterocycles. The maximum absolute atomic E-state index is 6.22. The van der Waals surface area contributed by atoms with Crippen molar-refractivity contribution in [3.8, 4) is 6.01 Å². The van der Waals surface area contributed by atoms with Gasteiger partial charge in [-0.3, -0.25) is 0 Å². The second-order valence-corrected chi connectivity index (χ2v) is 5.11. The van der Waals surface area contributed by atoms with E-state index in [1.165, 1.54) is 7.11 Å². The monoisotopic (exact) mass is 262 g/mol. The molecule has 1 aromatic heterocycles. The van der Waals surface area contributed by atoms with Crippen LogP contribution in [0.5, 0.6) is 6.01 Å². The van der Waals surface area contributed by atoms with Crippen LogP contribution in [0.2, 0.25) is 5.02 Å². The standard InChI is InChI=1S/C11H16Cl2N2O/c1-7(2)4-8(12)5-10-9(13)6-14-11(15-10)16-3/h6-8H,4-5H2,1-3H3. The highest BCUT2D eigenvalue weighted by Gasteiger charge is 2.13. The van der Waals surface area contributed by atoms with Gasteiger partial charge >= 0.3 is 6.01 Å². The topological polar surface area (TPSA) is 35.0 Å². The van der Waals surface area contributed by atoms with Crippen LogP contribution in [0.3, 0.4) is 0 Å². The molecule has 0 bridgehead atoms. The smallest absolute Gasteiger partial charge is 0.316 e. The molecule has 1 unspecified atom stereocenters. The summed E-state index contributed by atoms with van der Waals surface area (Å²) in [4.78, 5) is 8.11. The van der Waals surface area contributed by atoms with Crippen LogP contribution in [0, 0.1) is 5.92 Å². The van der Waals surface area contributed by atoms with Gasteiger partial charge in [-0.15, -0.1) is 11.6 Å². The molecule has 1 heterocycles. The number of nitrogens with zero attached hydrogens (tertiary/aromatic N) is 2. The maximum atomic E-state index is 6.22. The Balaban J connectivity index is 2.71. The van der Waals surface area contributed by atoms with E-state index >= 15 is 0 Å². The molecule has 0 N–H and O–H groups in total. The van der Waals surface area contributed by atoms with Gasteiger partial charge in [-0.05, 0) is 12.3 Å². The zero-order chi connectivity index (χ0) is 12.1. The van der Waals surface area contributed by atoms with Crippen LogP contribution in [0.15, 0.2) is 6.20 Å². The number of hydrogen-bond donors (Lipinski definition) is 0. The van der Waals surface area contributed by atoms with E-state index < -0.39 is 0 Å². The van der Waals surface area contributed by atoms with E-state index in [1.807, 2.05) is 0 Å². The van der Waals surface area contributed by atoms with Gasteiger partial charge in [0.1, 0.15) is 0 Å². The first-order chi connectivity index (χ1) is 7.52. The van der Waals surface area contributed by atoms with Crippen LogP contribution >= 0.6 is 23.2 Å². The lowest BCUT2D eigenvalue weighted by atomic mass is 10.0. The third-order valence-electron chi connectivity index (χ3n) is 2.12. The molecule has 16 heavy (non-hydrogen) atoms. The highest BCUT2D eigenvalue weighted by atomic mass is 35.5. The van der Waals surface area contributed by atoms with Gasteiger partial charge in [0.25, 0.3) is 0 Å². The Labute approximate surface area is 106 Å². The largest absolute Gasteiger partial charge is 0.467 e. The third kappa shape index (κ3) is 4.14. The van der Waals surface area contributed by atoms with Gasteiger partial charge in [-0.1, -0.05) is 25.4 Å². The van der Waals surface area contributed by atoms with Gasteiger partial charge in [0.05, 0.1) is 24.0 Å². The van der Waals surface area contributed by atoms with E-state index in [-0.39, 0.29) is 5.38 Å². The van der Waals surface area contributed by atoms with Crippen LogP contribution in [-0.2, 0) is 6.42 Å². The molecule has 5 heteroatoms. The summed E-state index contributed by atoms with van der Waals surface area (Å²) in [6.45, 7) is 4.27. The molecule has 90 valence electrons. The summed E-state index contributed by atoms with van der Waals surface area (Å²) in [6.07, 6.45) is 3.11. The fourth-order valence-electron chi connectivity index (χ4n) is 1.43. The molecule has 0 amide bonds. The van der Waals surface area contributed by atoms with E-state index in [0.29, 0.717) is 23.4 Å². The minimum Gasteiger partial charge on any atom is -0.467 e. The Bertz CT molecular complexity index is 345. The molecule has 1 atom stereocenters. The Morgan fingerprint density at radius 2 is 2.12 bits per heavy atom. The lowest BCUT2D eigenvalue weighted by Crippen LogP contribution is -2.09. The molecule has 0 aliphatic carbocycles. The number of alkyl halides is 1. The number of methoxy groups -OCH3 is 1. The number of hydrogen-bond acceptors (Lipinski definition) is 3. The Morgan fingerprint density at radius 3 is 2.69 bits per heavy atom. The molecule has 0 spiro atoms. The fraction of sp³-hybridized carbons (Fsp3) is 0.636. The summed E-state index contributed by atoms with van der Waals surface area (Å²) in [5.41, 5.74) is 0.745. The molecule has 1 rings (SSSR count). The quantitative estimate of drug-likeness (QED) is 0.764. The van der Waals surface area contributed by atoms with Gasteiger partial charge in [0.15, 0.2) is 0 Å². The lowest BCUT2D eigenvalue weighted by molar-refractivity contribution is 0.377. The number of rotatable bonds is 5.